The van der Waals surface area contributed by atoms with Gasteiger partial charge in [-0.25, -0.2) is 9.78 Å². The Balaban J connectivity index is 1.56. The van der Waals surface area contributed by atoms with Crippen LogP contribution in [-0.2, 0) is 15.1 Å². The van der Waals surface area contributed by atoms with E-state index in [9.17, 15) is 15.0 Å². The van der Waals surface area contributed by atoms with Crippen LogP contribution in [0.1, 0.15) is 22.9 Å². The van der Waals surface area contributed by atoms with Crippen LogP contribution in [-0.4, -0.2) is 58.9 Å². The lowest BCUT2D eigenvalue weighted by Gasteiger charge is -2.37. The van der Waals surface area contributed by atoms with Gasteiger partial charge < -0.3 is 29.2 Å². The van der Waals surface area contributed by atoms with Crippen molar-refractivity contribution in [1.29, 1.82) is 0 Å². The maximum absolute atomic E-state index is 12.3. The highest BCUT2D eigenvalue weighted by atomic mass is 16.6. The second-order valence-electron chi connectivity index (χ2n) is 9.17. The lowest BCUT2D eigenvalue weighted by molar-refractivity contribution is -0.0958. The van der Waals surface area contributed by atoms with Gasteiger partial charge in [0.1, 0.15) is 35.4 Å². The quantitative estimate of drug-likeness (QED) is 0.318. The number of aliphatic hydroxyl groups is 2. The normalized spacial score (nSPS) is 21.0. The Morgan fingerprint density at radius 3 is 1.92 bits per heavy atom. The summed E-state index contributed by atoms with van der Waals surface area (Å²) in [5.41, 5.74) is 0.746. The van der Waals surface area contributed by atoms with Gasteiger partial charge in [-0.1, -0.05) is 54.6 Å². The first-order chi connectivity index (χ1) is 19.0. The minimum Gasteiger partial charge on any atom is -0.497 e. The highest BCUT2D eigenvalue weighted by Crippen LogP contribution is 2.42. The van der Waals surface area contributed by atoms with E-state index >= 15 is 0 Å². The number of hydrogen-bond donors (Lipinski definition) is 2. The number of nitrogens with zero attached hydrogens (tertiary/aromatic N) is 2. The largest absolute Gasteiger partial charge is 0.497 e. The van der Waals surface area contributed by atoms with Crippen molar-refractivity contribution in [2.75, 3.05) is 20.8 Å². The lowest BCUT2D eigenvalue weighted by atomic mass is 9.80. The molecule has 0 aliphatic carbocycles. The molecule has 0 unspecified atom stereocenters. The van der Waals surface area contributed by atoms with Crippen molar-refractivity contribution >= 4 is 0 Å². The minimum atomic E-state index is -1.35. The number of rotatable bonds is 9. The smallest absolute Gasteiger partial charge is 0.349 e. The first kappa shape index (κ1) is 26.6. The van der Waals surface area contributed by atoms with Crippen molar-refractivity contribution in [3.8, 4) is 11.5 Å². The third-order valence-electron chi connectivity index (χ3n) is 6.99. The molecule has 2 N–H and O–H groups in total. The van der Waals surface area contributed by atoms with Gasteiger partial charge in [-0.05, 0) is 47.0 Å². The number of aromatic nitrogens is 2. The molecular weight excluding hydrogens is 500 g/mol. The number of methoxy groups -OCH3 is 2. The summed E-state index contributed by atoms with van der Waals surface area (Å²) in [6.45, 7) is -0.101. The number of benzene rings is 3. The number of hydrogen-bond acceptors (Lipinski definition) is 8. The van der Waals surface area contributed by atoms with Crippen LogP contribution in [0, 0.1) is 0 Å². The molecule has 5 rings (SSSR count). The first-order valence-corrected chi connectivity index (χ1v) is 12.5. The molecule has 9 nitrogen and oxygen atoms in total. The fourth-order valence-electron chi connectivity index (χ4n) is 4.94. The zero-order chi connectivity index (χ0) is 27.4. The van der Waals surface area contributed by atoms with E-state index in [0.717, 1.165) is 21.3 Å². The second-order valence-corrected chi connectivity index (χ2v) is 9.17. The minimum absolute atomic E-state index is 0.101. The molecule has 4 aromatic rings. The molecule has 1 aromatic heterocycles. The van der Waals surface area contributed by atoms with Gasteiger partial charge in [0, 0.05) is 12.4 Å². The fraction of sp³-hybridized carbons (Fsp3) is 0.267. The van der Waals surface area contributed by atoms with Gasteiger partial charge in [0.2, 0.25) is 0 Å². The molecule has 1 aliphatic heterocycles. The highest BCUT2D eigenvalue weighted by Gasteiger charge is 2.46. The average Bonchev–Trinajstić information content (AvgIpc) is 3.27. The van der Waals surface area contributed by atoms with Crippen molar-refractivity contribution in [2.24, 2.45) is 0 Å². The van der Waals surface area contributed by atoms with Crippen LogP contribution in [0.5, 0.6) is 11.5 Å². The summed E-state index contributed by atoms with van der Waals surface area (Å²) in [6, 6.07) is 26.4. The first-order valence-electron chi connectivity index (χ1n) is 12.5. The summed E-state index contributed by atoms with van der Waals surface area (Å²) in [4.78, 5) is 16.0. The fourth-order valence-corrected chi connectivity index (χ4v) is 4.94. The third kappa shape index (κ3) is 5.05. The molecule has 0 bridgehead atoms. The van der Waals surface area contributed by atoms with Crippen LogP contribution in [0.25, 0.3) is 0 Å². The summed E-state index contributed by atoms with van der Waals surface area (Å²) >= 11 is 0. The van der Waals surface area contributed by atoms with Crippen molar-refractivity contribution in [3.63, 3.8) is 0 Å². The Labute approximate surface area is 225 Å². The Kier molecular flexibility index (Phi) is 7.76. The maximum Gasteiger partial charge on any atom is 0.349 e. The molecule has 1 aliphatic rings. The summed E-state index contributed by atoms with van der Waals surface area (Å²) < 4.78 is 24.7. The van der Waals surface area contributed by atoms with Crippen LogP contribution in [0.2, 0.25) is 0 Å². The number of aliphatic hydroxyl groups excluding tert-OH is 2. The van der Waals surface area contributed by atoms with Crippen molar-refractivity contribution < 1.29 is 29.2 Å². The molecule has 3 aromatic carbocycles. The van der Waals surface area contributed by atoms with Gasteiger partial charge >= 0.3 is 5.69 Å². The van der Waals surface area contributed by atoms with Gasteiger partial charge in [0.15, 0.2) is 6.23 Å². The summed E-state index contributed by atoms with van der Waals surface area (Å²) in [5, 5.41) is 21.7. The molecule has 2 heterocycles. The van der Waals surface area contributed by atoms with Crippen LogP contribution >= 0.6 is 0 Å². The monoisotopic (exact) mass is 530 g/mol. The molecule has 202 valence electrons. The highest BCUT2D eigenvalue weighted by molar-refractivity contribution is 5.49. The van der Waals surface area contributed by atoms with Crippen LogP contribution in [0.4, 0.5) is 0 Å². The molecule has 1 saturated heterocycles. The lowest BCUT2D eigenvalue weighted by Crippen LogP contribution is -2.39. The Hall–Kier alpha value is -4.02. The predicted molar refractivity (Wildman–Crippen MR) is 143 cm³/mol. The molecule has 4 atom stereocenters. The topological polar surface area (TPSA) is 112 Å². The van der Waals surface area contributed by atoms with Gasteiger partial charge in [0.25, 0.3) is 0 Å². The Bertz CT molecular complexity index is 1380. The molecule has 0 spiro atoms. The summed E-state index contributed by atoms with van der Waals surface area (Å²) in [6.07, 6.45) is -1.88. The van der Waals surface area contributed by atoms with E-state index in [2.05, 4.69) is 4.98 Å². The zero-order valence-corrected chi connectivity index (χ0v) is 21.6. The predicted octanol–water partition coefficient (Wildman–Crippen LogP) is 2.89. The summed E-state index contributed by atoms with van der Waals surface area (Å²) in [7, 11) is 3.21. The van der Waals surface area contributed by atoms with E-state index in [1.807, 2.05) is 78.9 Å². The SMILES string of the molecule is COc1ccc(C(OC[C@H]2O[C@@H](n3cccnc3=O)[C@@H](O)[C@H]2O)(c2ccccc2)c2ccc(OC)cc2)cc1. The molecule has 39 heavy (non-hydrogen) atoms. The second kappa shape index (κ2) is 11.4. The van der Waals surface area contributed by atoms with Crippen molar-refractivity contribution in [1.82, 2.24) is 9.55 Å². The molecular formula is C30H30N2O7. The van der Waals surface area contributed by atoms with Crippen molar-refractivity contribution in [2.45, 2.75) is 30.1 Å². The van der Waals surface area contributed by atoms with E-state index < -0.39 is 35.8 Å². The molecule has 0 saturated carbocycles. The summed E-state index contributed by atoms with van der Waals surface area (Å²) in [5.74, 6) is 1.38. The van der Waals surface area contributed by atoms with E-state index in [4.69, 9.17) is 18.9 Å². The van der Waals surface area contributed by atoms with Crippen LogP contribution < -0.4 is 15.2 Å². The Morgan fingerprint density at radius 2 is 1.38 bits per heavy atom. The average molecular weight is 531 g/mol. The van der Waals surface area contributed by atoms with Gasteiger partial charge in [-0.2, -0.15) is 0 Å². The molecule has 0 amide bonds. The van der Waals surface area contributed by atoms with Gasteiger partial charge in [-0.15, -0.1) is 0 Å². The third-order valence-corrected chi connectivity index (χ3v) is 6.99. The molecule has 1 fully saturated rings. The molecule has 9 heteroatoms. The van der Waals surface area contributed by atoms with Crippen LogP contribution in [0.15, 0.2) is 102 Å². The van der Waals surface area contributed by atoms with E-state index in [0.29, 0.717) is 11.5 Å². The van der Waals surface area contributed by atoms with E-state index in [1.165, 1.54) is 12.4 Å². The van der Waals surface area contributed by atoms with E-state index in [-0.39, 0.29) is 6.61 Å². The van der Waals surface area contributed by atoms with Crippen LogP contribution in [0.3, 0.4) is 0 Å². The standard InChI is InChI=1S/C30H30N2O7/c1-36-23-13-9-21(10-14-23)30(20-7-4-3-5-8-20,22-11-15-24(37-2)16-12-22)38-19-25-26(33)27(34)28(39-25)32-18-6-17-31-29(32)35/h3-18,25-28,33-34H,19H2,1-2H3/t25-,26+,27+,28-/m1/s1. The zero-order valence-electron chi connectivity index (χ0n) is 21.6. The maximum atomic E-state index is 12.3. The van der Waals surface area contributed by atoms with Crippen molar-refractivity contribution in [3.05, 3.63) is 124 Å². The Morgan fingerprint density at radius 1 is 0.821 bits per heavy atom. The van der Waals surface area contributed by atoms with Gasteiger partial charge in [0.05, 0.1) is 20.8 Å². The van der Waals surface area contributed by atoms with Gasteiger partial charge in [-0.3, -0.25) is 4.57 Å². The molecule has 0 radical (unpaired) electrons. The van der Waals surface area contributed by atoms with E-state index in [1.54, 1.807) is 20.3 Å². The number of ether oxygens (including phenoxy) is 4.